The fourth-order valence-corrected chi connectivity index (χ4v) is 3.44. The predicted molar refractivity (Wildman–Crippen MR) is 80.8 cm³/mol. The first-order valence-corrected chi connectivity index (χ1v) is 8.08. The number of carbonyl (C=O) groups is 2. The van der Waals surface area contributed by atoms with Crippen molar-refractivity contribution in [2.45, 2.75) is 26.7 Å². The van der Waals surface area contributed by atoms with E-state index in [2.05, 4.69) is 19.2 Å². The van der Waals surface area contributed by atoms with E-state index in [4.69, 9.17) is 0 Å². The molecule has 1 aromatic rings. The van der Waals surface area contributed by atoms with Gasteiger partial charge in [0.1, 0.15) is 0 Å². The van der Waals surface area contributed by atoms with Crippen LogP contribution in [0.25, 0.3) is 0 Å². The molecule has 0 bridgehead atoms. The minimum atomic E-state index is -0.0977. The van der Waals surface area contributed by atoms with E-state index in [1.165, 1.54) is 17.8 Å². The van der Waals surface area contributed by atoms with Gasteiger partial charge in [-0.25, -0.2) is 0 Å². The average molecular weight is 294 g/mol. The second-order valence-corrected chi connectivity index (χ2v) is 6.54. The van der Waals surface area contributed by atoms with Crippen LogP contribution in [-0.2, 0) is 4.79 Å². The molecule has 1 aromatic heterocycles. The third kappa shape index (κ3) is 4.07. The van der Waals surface area contributed by atoms with Crippen LogP contribution >= 0.6 is 11.3 Å². The number of hydrogen-bond acceptors (Lipinski definition) is 3. The quantitative estimate of drug-likeness (QED) is 0.927. The highest BCUT2D eigenvalue weighted by Gasteiger charge is 2.24. The zero-order valence-corrected chi connectivity index (χ0v) is 12.9. The smallest absolute Gasteiger partial charge is 0.252 e. The number of piperidine rings is 1. The molecule has 1 aliphatic heterocycles. The molecule has 1 saturated heterocycles. The van der Waals surface area contributed by atoms with E-state index in [1.807, 2.05) is 15.7 Å². The summed E-state index contributed by atoms with van der Waals surface area (Å²) in [6.45, 7) is 6.48. The van der Waals surface area contributed by atoms with Crippen LogP contribution in [0.5, 0.6) is 0 Å². The standard InChI is InChI=1S/C15H22N2O2S/c1-11-7-12(2)9-17(8-11)14(18)3-5-16-15(19)13-4-6-20-10-13/h4,6,10-12H,3,5,7-9H2,1-2H3,(H,16,19)/t11-,12-/m0/s1. The first-order valence-electron chi connectivity index (χ1n) is 7.14. The van der Waals surface area contributed by atoms with Crippen molar-refractivity contribution in [3.63, 3.8) is 0 Å². The molecule has 1 N–H and O–H groups in total. The highest BCUT2D eigenvalue weighted by Crippen LogP contribution is 2.21. The Labute approximate surface area is 124 Å². The van der Waals surface area contributed by atoms with Gasteiger partial charge in [0.2, 0.25) is 5.91 Å². The lowest BCUT2D eigenvalue weighted by Crippen LogP contribution is -2.43. The van der Waals surface area contributed by atoms with Crippen molar-refractivity contribution in [1.82, 2.24) is 10.2 Å². The van der Waals surface area contributed by atoms with Gasteiger partial charge in [-0.15, -0.1) is 0 Å². The maximum atomic E-state index is 12.1. The predicted octanol–water partition coefficient (Wildman–Crippen LogP) is 2.37. The Kier molecular flexibility index (Phi) is 5.17. The molecule has 2 amide bonds. The third-order valence-corrected chi connectivity index (χ3v) is 4.31. The Morgan fingerprint density at radius 3 is 2.65 bits per heavy atom. The maximum absolute atomic E-state index is 12.1. The number of hydrogen-bond donors (Lipinski definition) is 1. The normalized spacial score (nSPS) is 22.6. The van der Waals surface area contributed by atoms with Crippen molar-refractivity contribution in [2.24, 2.45) is 11.8 Å². The van der Waals surface area contributed by atoms with Crippen LogP contribution in [0.1, 0.15) is 37.0 Å². The maximum Gasteiger partial charge on any atom is 0.252 e. The fourth-order valence-electron chi connectivity index (χ4n) is 2.80. The van der Waals surface area contributed by atoms with Crippen LogP contribution in [-0.4, -0.2) is 36.3 Å². The van der Waals surface area contributed by atoms with Crippen molar-refractivity contribution in [3.8, 4) is 0 Å². The molecule has 5 heteroatoms. The number of thiophene rings is 1. The summed E-state index contributed by atoms with van der Waals surface area (Å²) in [6.07, 6.45) is 1.58. The molecule has 0 aliphatic carbocycles. The lowest BCUT2D eigenvalue weighted by Gasteiger charge is -2.35. The molecule has 0 radical (unpaired) electrons. The number of amides is 2. The van der Waals surface area contributed by atoms with Gasteiger partial charge in [0.05, 0.1) is 0 Å². The monoisotopic (exact) mass is 294 g/mol. The van der Waals surface area contributed by atoms with Crippen molar-refractivity contribution in [2.75, 3.05) is 19.6 Å². The second kappa shape index (κ2) is 6.88. The molecule has 2 heterocycles. The average Bonchev–Trinajstić information content (AvgIpc) is 2.91. The van der Waals surface area contributed by atoms with Crippen LogP contribution in [0.2, 0.25) is 0 Å². The van der Waals surface area contributed by atoms with Gasteiger partial charge in [0.15, 0.2) is 0 Å². The van der Waals surface area contributed by atoms with Gasteiger partial charge in [-0.2, -0.15) is 11.3 Å². The summed E-state index contributed by atoms with van der Waals surface area (Å²) in [5.41, 5.74) is 0.669. The van der Waals surface area contributed by atoms with Gasteiger partial charge in [0.25, 0.3) is 5.91 Å². The minimum absolute atomic E-state index is 0.0977. The lowest BCUT2D eigenvalue weighted by molar-refractivity contribution is -0.133. The van der Waals surface area contributed by atoms with Crippen LogP contribution < -0.4 is 5.32 Å². The number of rotatable bonds is 4. The minimum Gasteiger partial charge on any atom is -0.351 e. The van der Waals surface area contributed by atoms with Gasteiger partial charge in [-0.1, -0.05) is 13.8 Å². The summed E-state index contributed by atoms with van der Waals surface area (Å²) in [5, 5.41) is 6.48. The van der Waals surface area contributed by atoms with Gasteiger partial charge >= 0.3 is 0 Å². The van der Waals surface area contributed by atoms with Crippen LogP contribution in [0, 0.1) is 11.8 Å². The molecule has 110 valence electrons. The molecule has 20 heavy (non-hydrogen) atoms. The van der Waals surface area contributed by atoms with E-state index in [9.17, 15) is 9.59 Å². The first kappa shape index (κ1) is 15.0. The number of carbonyl (C=O) groups excluding carboxylic acids is 2. The molecule has 1 fully saturated rings. The summed E-state index contributed by atoms with van der Waals surface area (Å²) in [7, 11) is 0. The topological polar surface area (TPSA) is 49.4 Å². The van der Waals surface area contributed by atoms with E-state index in [0.717, 1.165) is 13.1 Å². The molecule has 4 nitrogen and oxygen atoms in total. The van der Waals surface area contributed by atoms with Crippen molar-refractivity contribution in [1.29, 1.82) is 0 Å². The molecule has 1 aliphatic rings. The molecule has 2 atom stereocenters. The Hall–Kier alpha value is -1.36. The van der Waals surface area contributed by atoms with Crippen LogP contribution in [0.15, 0.2) is 16.8 Å². The van der Waals surface area contributed by atoms with Gasteiger partial charge in [-0.05, 0) is 29.7 Å². The summed E-state index contributed by atoms with van der Waals surface area (Å²) in [6, 6.07) is 1.79. The van der Waals surface area contributed by atoms with Crippen molar-refractivity contribution < 1.29 is 9.59 Å². The number of nitrogens with zero attached hydrogens (tertiary/aromatic N) is 1. The Morgan fingerprint density at radius 1 is 1.35 bits per heavy atom. The van der Waals surface area contributed by atoms with Crippen molar-refractivity contribution >= 4 is 23.2 Å². The second-order valence-electron chi connectivity index (χ2n) is 5.76. The zero-order chi connectivity index (χ0) is 14.5. The van der Waals surface area contributed by atoms with Crippen molar-refractivity contribution in [3.05, 3.63) is 22.4 Å². The highest BCUT2D eigenvalue weighted by atomic mass is 32.1. The van der Waals surface area contributed by atoms with E-state index in [-0.39, 0.29) is 11.8 Å². The Bertz CT molecular complexity index is 448. The summed E-state index contributed by atoms with van der Waals surface area (Å²) < 4.78 is 0. The van der Waals surface area contributed by atoms with E-state index in [1.54, 1.807) is 6.07 Å². The van der Waals surface area contributed by atoms with Gasteiger partial charge < -0.3 is 10.2 Å². The van der Waals surface area contributed by atoms with E-state index < -0.39 is 0 Å². The zero-order valence-electron chi connectivity index (χ0n) is 12.1. The summed E-state index contributed by atoms with van der Waals surface area (Å²) in [5.74, 6) is 1.19. The van der Waals surface area contributed by atoms with Gasteiger partial charge in [-0.3, -0.25) is 9.59 Å². The number of nitrogens with one attached hydrogen (secondary N) is 1. The summed E-state index contributed by atoms with van der Waals surface area (Å²) in [4.78, 5) is 25.8. The number of likely N-dealkylation sites (tertiary alicyclic amines) is 1. The Balaban J connectivity index is 1.73. The molecule has 2 rings (SSSR count). The summed E-state index contributed by atoms with van der Waals surface area (Å²) >= 11 is 1.49. The molecular weight excluding hydrogens is 272 g/mol. The SMILES string of the molecule is C[C@H]1C[C@H](C)CN(C(=O)CCNC(=O)c2ccsc2)C1. The lowest BCUT2D eigenvalue weighted by atomic mass is 9.92. The third-order valence-electron chi connectivity index (χ3n) is 3.63. The fraction of sp³-hybridized carbons (Fsp3) is 0.600. The molecule has 0 spiro atoms. The van der Waals surface area contributed by atoms with Crippen LogP contribution in [0.4, 0.5) is 0 Å². The highest BCUT2D eigenvalue weighted by molar-refractivity contribution is 7.08. The first-order chi connectivity index (χ1) is 9.56. The molecule has 0 unspecified atom stereocenters. The Morgan fingerprint density at radius 2 is 2.05 bits per heavy atom. The van der Waals surface area contributed by atoms with Gasteiger partial charge in [0, 0.05) is 37.0 Å². The largest absolute Gasteiger partial charge is 0.351 e. The van der Waals surface area contributed by atoms with Crippen LogP contribution in [0.3, 0.4) is 0 Å². The molecule has 0 saturated carbocycles. The van der Waals surface area contributed by atoms with E-state index >= 15 is 0 Å². The molecule has 0 aromatic carbocycles. The molecular formula is C15H22N2O2S. The van der Waals surface area contributed by atoms with E-state index in [0.29, 0.717) is 30.4 Å².